The third kappa shape index (κ3) is 3.83. The molecule has 4 aromatic rings. The summed E-state index contributed by atoms with van der Waals surface area (Å²) < 4.78 is 41.6. The molecule has 0 aliphatic heterocycles. The maximum atomic E-state index is 13.4. The van der Waals surface area contributed by atoms with Crippen molar-refractivity contribution in [3.8, 4) is 5.82 Å². The topological polar surface area (TPSA) is 90.5 Å². The first-order valence-corrected chi connectivity index (χ1v) is 10.4. The Bertz CT molecular complexity index is 1380. The minimum absolute atomic E-state index is 0.155. The normalized spacial score (nSPS) is 14.1. The fourth-order valence-corrected chi connectivity index (χ4v) is 3.86. The zero-order valence-electron chi connectivity index (χ0n) is 18.1. The summed E-state index contributed by atoms with van der Waals surface area (Å²) in [4.78, 5) is 22.0. The molecule has 0 unspecified atom stereocenters. The first kappa shape index (κ1) is 21.1. The number of rotatable bonds is 4. The van der Waals surface area contributed by atoms with E-state index in [2.05, 4.69) is 20.5 Å². The van der Waals surface area contributed by atoms with Gasteiger partial charge in [0.05, 0.1) is 27.9 Å². The van der Waals surface area contributed by atoms with Crippen molar-refractivity contribution >= 4 is 22.8 Å². The maximum Gasteiger partial charge on any atom is 0.417 e. The predicted molar refractivity (Wildman–Crippen MR) is 114 cm³/mol. The molecule has 1 amide bonds. The summed E-state index contributed by atoms with van der Waals surface area (Å²) >= 11 is 0. The van der Waals surface area contributed by atoms with Crippen LogP contribution in [0.15, 0.2) is 30.5 Å². The number of alkyl halides is 3. The zero-order valence-corrected chi connectivity index (χ0v) is 18.1. The fraction of sp³-hybridized carbons (Fsp3) is 0.318. The summed E-state index contributed by atoms with van der Waals surface area (Å²) in [5, 5.41) is 12.2. The van der Waals surface area contributed by atoms with Gasteiger partial charge in [0.2, 0.25) is 0 Å². The number of carbonyl (C=O) groups is 1. The predicted octanol–water partition coefficient (Wildman–Crippen LogP) is 4.31. The summed E-state index contributed by atoms with van der Waals surface area (Å²) in [6, 6.07) is 5.58. The lowest BCUT2D eigenvalue weighted by Gasteiger charge is -2.11. The van der Waals surface area contributed by atoms with E-state index in [9.17, 15) is 18.0 Å². The van der Waals surface area contributed by atoms with E-state index in [4.69, 9.17) is 4.98 Å². The molecule has 4 aromatic heterocycles. The molecular formula is C22H20F3N7O. The molecule has 8 nitrogen and oxygen atoms in total. The number of fused-ring (bicyclic) bond motifs is 1. The molecule has 0 atom stereocenters. The van der Waals surface area contributed by atoms with E-state index >= 15 is 0 Å². The summed E-state index contributed by atoms with van der Waals surface area (Å²) in [5.74, 6) is 0.403. The highest BCUT2D eigenvalue weighted by molar-refractivity contribution is 6.12. The van der Waals surface area contributed by atoms with E-state index in [0.29, 0.717) is 39.7 Å². The Kier molecular flexibility index (Phi) is 4.73. The number of amides is 1. The van der Waals surface area contributed by atoms with Gasteiger partial charge in [0.25, 0.3) is 5.91 Å². The van der Waals surface area contributed by atoms with Crippen molar-refractivity contribution in [3.05, 3.63) is 58.7 Å². The van der Waals surface area contributed by atoms with Crippen LogP contribution in [0.25, 0.3) is 16.9 Å². The van der Waals surface area contributed by atoms with E-state index < -0.39 is 11.7 Å². The largest absolute Gasteiger partial charge is 0.417 e. The van der Waals surface area contributed by atoms with Crippen LogP contribution in [0.4, 0.5) is 19.0 Å². The second kappa shape index (κ2) is 7.39. The van der Waals surface area contributed by atoms with Crippen molar-refractivity contribution in [1.29, 1.82) is 0 Å². The van der Waals surface area contributed by atoms with Crippen LogP contribution in [0, 0.1) is 13.8 Å². The van der Waals surface area contributed by atoms with Crippen LogP contribution in [-0.2, 0) is 13.2 Å². The number of anilines is 1. The van der Waals surface area contributed by atoms with E-state index in [1.165, 1.54) is 10.7 Å². The highest BCUT2D eigenvalue weighted by Gasteiger charge is 2.31. The van der Waals surface area contributed by atoms with Gasteiger partial charge in [-0.15, -0.1) is 0 Å². The SMILES string of the molecule is Cc1cc(NC(=O)c2cc(C3CC3)nc3c2c(C)nn3C)n(-c2ccc(C(F)(F)F)cn2)n1. The van der Waals surface area contributed by atoms with E-state index in [0.717, 1.165) is 30.8 Å². The van der Waals surface area contributed by atoms with E-state index in [1.807, 2.05) is 6.92 Å². The Labute approximate surface area is 186 Å². The fourth-order valence-electron chi connectivity index (χ4n) is 3.86. The molecular weight excluding hydrogens is 435 g/mol. The van der Waals surface area contributed by atoms with Crippen molar-refractivity contribution in [1.82, 2.24) is 29.5 Å². The Morgan fingerprint density at radius 3 is 2.55 bits per heavy atom. The second-order valence-electron chi connectivity index (χ2n) is 8.22. The average molecular weight is 455 g/mol. The number of nitrogens with zero attached hydrogens (tertiary/aromatic N) is 6. The molecule has 0 saturated heterocycles. The smallest absolute Gasteiger partial charge is 0.306 e. The molecule has 170 valence electrons. The van der Waals surface area contributed by atoms with Gasteiger partial charge in [-0.05, 0) is 44.9 Å². The van der Waals surface area contributed by atoms with Gasteiger partial charge < -0.3 is 5.32 Å². The molecule has 1 aliphatic rings. The third-order valence-electron chi connectivity index (χ3n) is 5.59. The number of aromatic nitrogens is 6. The van der Waals surface area contributed by atoms with Crippen LogP contribution in [0.3, 0.4) is 0 Å². The lowest BCUT2D eigenvalue weighted by Crippen LogP contribution is -2.17. The molecule has 1 aliphatic carbocycles. The zero-order chi connectivity index (χ0) is 23.5. The minimum Gasteiger partial charge on any atom is -0.306 e. The second-order valence-corrected chi connectivity index (χ2v) is 8.22. The average Bonchev–Trinajstić information content (AvgIpc) is 3.49. The van der Waals surface area contributed by atoms with E-state index in [1.54, 1.807) is 30.8 Å². The van der Waals surface area contributed by atoms with Crippen LogP contribution in [-0.4, -0.2) is 35.4 Å². The van der Waals surface area contributed by atoms with Gasteiger partial charge in [0, 0.05) is 30.9 Å². The Balaban J connectivity index is 1.52. The number of hydrogen-bond acceptors (Lipinski definition) is 5. The molecule has 4 heterocycles. The van der Waals surface area contributed by atoms with Crippen molar-refractivity contribution in [2.75, 3.05) is 5.32 Å². The maximum absolute atomic E-state index is 13.4. The van der Waals surface area contributed by atoms with Gasteiger partial charge in [0.1, 0.15) is 5.82 Å². The van der Waals surface area contributed by atoms with Crippen molar-refractivity contribution < 1.29 is 18.0 Å². The first-order chi connectivity index (χ1) is 15.6. The molecule has 1 fully saturated rings. The summed E-state index contributed by atoms with van der Waals surface area (Å²) in [5.41, 5.74) is 2.32. The number of pyridine rings is 2. The third-order valence-corrected chi connectivity index (χ3v) is 5.59. The number of aryl methyl sites for hydroxylation is 3. The first-order valence-electron chi connectivity index (χ1n) is 10.4. The molecule has 1 saturated carbocycles. The van der Waals surface area contributed by atoms with Gasteiger partial charge in [0.15, 0.2) is 11.5 Å². The summed E-state index contributed by atoms with van der Waals surface area (Å²) in [7, 11) is 1.79. The summed E-state index contributed by atoms with van der Waals surface area (Å²) in [6.45, 7) is 3.54. The molecule has 1 N–H and O–H groups in total. The Morgan fingerprint density at radius 1 is 1.15 bits per heavy atom. The molecule has 5 rings (SSSR count). The number of halogens is 3. The van der Waals surface area contributed by atoms with Crippen molar-refractivity contribution in [2.24, 2.45) is 7.05 Å². The van der Waals surface area contributed by atoms with Gasteiger partial charge in [-0.3, -0.25) is 9.48 Å². The molecule has 0 radical (unpaired) electrons. The molecule has 11 heteroatoms. The van der Waals surface area contributed by atoms with Gasteiger partial charge in [-0.2, -0.15) is 28.1 Å². The van der Waals surface area contributed by atoms with Crippen LogP contribution in [0.2, 0.25) is 0 Å². The van der Waals surface area contributed by atoms with E-state index in [-0.39, 0.29) is 11.7 Å². The van der Waals surface area contributed by atoms with Gasteiger partial charge in [-0.25, -0.2) is 9.97 Å². The summed E-state index contributed by atoms with van der Waals surface area (Å²) in [6.07, 6.45) is -1.69. The number of hydrogen-bond donors (Lipinski definition) is 1. The van der Waals surface area contributed by atoms with Crippen LogP contribution < -0.4 is 5.32 Å². The highest BCUT2D eigenvalue weighted by atomic mass is 19.4. The highest BCUT2D eigenvalue weighted by Crippen LogP contribution is 2.40. The Hall–Kier alpha value is -3.76. The lowest BCUT2D eigenvalue weighted by molar-refractivity contribution is -0.137. The minimum atomic E-state index is -4.49. The number of nitrogens with one attached hydrogen (secondary N) is 1. The number of carbonyl (C=O) groups excluding carboxylic acids is 1. The van der Waals surface area contributed by atoms with Crippen LogP contribution in [0.5, 0.6) is 0 Å². The standard InChI is InChI=1S/C22H20F3N7O/c1-11-8-18(32(29-11)17-7-6-14(10-26-17)22(23,24)25)28-21(33)15-9-16(13-4-5-13)27-20-19(15)12(2)30-31(20)3/h6-10,13H,4-5H2,1-3H3,(H,28,33). The molecule has 33 heavy (non-hydrogen) atoms. The lowest BCUT2D eigenvalue weighted by atomic mass is 10.1. The van der Waals surface area contributed by atoms with Crippen molar-refractivity contribution in [3.63, 3.8) is 0 Å². The van der Waals surface area contributed by atoms with Crippen molar-refractivity contribution in [2.45, 2.75) is 38.8 Å². The van der Waals surface area contributed by atoms with Crippen LogP contribution >= 0.6 is 0 Å². The van der Waals surface area contributed by atoms with Gasteiger partial charge >= 0.3 is 6.18 Å². The molecule has 0 aromatic carbocycles. The Morgan fingerprint density at radius 2 is 1.91 bits per heavy atom. The quantitative estimate of drug-likeness (QED) is 0.495. The molecule has 0 spiro atoms. The van der Waals surface area contributed by atoms with Crippen LogP contribution in [0.1, 0.15) is 51.8 Å². The molecule has 0 bridgehead atoms. The monoisotopic (exact) mass is 455 g/mol. The van der Waals surface area contributed by atoms with Gasteiger partial charge in [-0.1, -0.05) is 0 Å².